The van der Waals surface area contributed by atoms with E-state index in [1.807, 2.05) is 0 Å². The maximum atomic E-state index is 2.37. The molecule has 0 unspecified atom stereocenters. The first-order valence-electron chi connectivity index (χ1n) is 5.52. The van der Waals surface area contributed by atoms with Gasteiger partial charge in [-0.3, -0.25) is 0 Å². The molecule has 0 bridgehead atoms. The van der Waals surface area contributed by atoms with Crippen LogP contribution in [0.25, 0.3) is 0 Å². The first kappa shape index (κ1) is 10.6. The molecule has 0 amide bonds. The van der Waals surface area contributed by atoms with Crippen molar-refractivity contribution in [1.29, 1.82) is 0 Å². The van der Waals surface area contributed by atoms with Gasteiger partial charge in [0.1, 0.15) is 0 Å². The molecule has 0 fully saturated rings. The van der Waals surface area contributed by atoms with Gasteiger partial charge in [-0.15, -0.1) is 0 Å². The second kappa shape index (κ2) is 5.82. The Morgan fingerprint density at radius 2 is 1.93 bits per heavy atom. The quantitative estimate of drug-likeness (QED) is 0.654. The Labute approximate surface area is 96.1 Å². The molecule has 1 aliphatic carbocycles. The summed E-state index contributed by atoms with van der Waals surface area (Å²) >= 11 is 1.79. The van der Waals surface area contributed by atoms with Crippen LogP contribution < -0.4 is 0 Å². The van der Waals surface area contributed by atoms with Crippen LogP contribution in [0.3, 0.4) is 0 Å². The van der Waals surface area contributed by atoms with Crippen LogP contribution >= 0.6 is 11.8 Å². The van der Waals surface area contributed by atoms with E-state index in [0.29, 0.717) is 0 Å². The van der Waals surface area contributed by atoms with Crippen LogP contribution in [0.1, 0.15) is 25.7 Å². The molecule has 0 saturated heterocycles. The molecule has 0 N–H and O–H groups in total. The van der Waals surface area contributed by atoms with Gasteiger partial charge in [0.05, 0.1) is 0 Å². The van der Waals surface area contributed by atoms with E-state index in [9.17, 15) is 0 Å². The van der Waals surface area contributed by atoms with Crippen LogP contribution in [-0.4, -0.2) is 0 Å². The van der Waals surface area contributed by atoms with Crippen molar-refractivity contribution in [2.75, 3.05) is 0 Å². The van der Waals surface area contributed by atoms with Crippen molar-refractivity contribution in [2.45, 2.75) is 30.6 Å². The number of hydrogen-bond donors (Lipinski definition) is 0. The topological polar surface area (TPSA) is 0 Å². The second-order valence-electron chi connectivity index (χ2n) is 3.76. The van der Waals surface area contributed by atoms with Crippen molar-refractivity contribution in [1.82, 2.24) is 0 Å². The Morgan fingerprint density at radius 1 is 1.07 bits per heavy atom. The third kappa shape index (κ3) is 3.60. The molecule has 0 nitrogen and oxygen atoms in total. The molecule has 0 heterocycles. The minimum Gasteiger partial charge on any atom is -0.0981 e. The van der Waals surface area contributed by atoms with E-state index in [1.54, 1.807) is 11.8 Å². The van der Waals surface area contributed by atoms with Gasteiger partial charge in [0, 0.05) is 4.90 Å². The molecule has 2 rings (SSSR count). The van der Waals surface area contributed by atoms with Crippen molar-refractivity contribution in [3.63, 3.8) is 0 Å². The van der Waals surface area contributed by atoms with Gasteiger partial charge in [0.15, 0.2) is 0 Å². The summed E-state index contributed by atoms with van der Waals surface area (Å²) in [7, 11) is 0. The van der Waals surface area contributed by atoms with E-state index in [2.05, 4.69) is 47.9 Å². The third-order valence-electron chi connectivity index (χ3n) is 2.56. The molecule has 0 spiro atoms. The van der Waals surface area contributed by atoms with Crippen molar-refractivity contribution in [3.05, 3.63) is 53.5 Å². The highest BCUT2D eigenvalue weighted by Gasteiger charge is 1.99. The maximum absolute atomic E-state index is 2.37. The lowest BCUT2D eigenvalue weighted by Gasteiger charge is -2.07. The fraction of sp³-hybridized carbons (Fsp3) is 0.286. The van der Waals surface area contributed by atoms with Gasteiger partial charge in [-0.05, 0) is 43.2 Å². The highest BCUT2D eigenvalue weighted by Crippen LogP contribution is 2.22. The predicted octanol–water partition coefficient (Wildman–Crippen LogP) is 4.79. The molecule has 1 heteroatoms. The molecule has 0 aliphatic heterocycles. The zero-order valence-corrected chi connectivity index (χ0v) is 9.67. The number of hydrogen-bond acceptors (Lipinski definition) is 1. The highest BCUT2D eigenvalue weighted by molar-refractivity contribution is 8.02. The summed E-state index contributed by atoms with van der Waals surface area (Å²) in [5.74, 6) is 0. The minimum atomic E-state index is 1.26. The van der Waals surface area contributed by atoms with Gasteiger partial charge in [0.2, 0.25) is 0 Å². The smallest absolute Gasteiger partial charge is 0.0116 e. The summed E-state index contributed by atoms with van der Waals surface area (Å²) in [6.45, 7) is 0. The summed E-state index contributed by atoms with van der Waals surface area (Å²) in [4.78, 5) is 1.31. The fourth-order valence-corrected chi connectivity index (χ4v) is 2.43. The van der Waals surface area contributed by atoms with Crippen molar-refractivity contribution in [3.8, 4) is 0 Å². The first-order chi connectivity index (χ1) is 7.45. The SMILES string of the molecule is C1=C(/C=C/Sc2ccccc2)CCCC1. The lowest BCUT2D eigenvalue weighted by Crippen LogP contribution is -1.87. The van der Waals surface area contributed by atoms with Gasteiger partial charge in [0.25, 0.3) is 0 Å². The van der Waals surface area contributed by atoms with Gasteiger partial charge in [-0.2, -0.15) is 0 Å². The highest BCUT2D eigenvalue weighted by atomic mass is 32.2. The van der Waals surface area contributed by atoms with Crippen LogP contribution in [0.5, 0.6) is 0 Å². The average Bonchev–Trinajstić information content (AvgIpc) is 2.32. The standard InChI is InChI=1S/C14H16S/c1-3-7-13(8-4-1)11-12-15-14-9-5-2-6-10-14/h2,5-7,9-12H,1,3-4,8H2/b12-11+. The van der Waals surface area contributed by atoms with Crippen LogP contribution in [0, 0.1) is 0 Å². The third-order valence-corrected chi connectivity index (χ3v) is 3.37. The largest absolute Gasteiger partial charge is 0.0981 e. The van der Waals surface area contributed by atoms with Gasteiger partial charge >= 0.3 is 0 Å². The molecular weight excluding hydrogens is 200 g/mol. The molecule has 0 atom stereocenters. The predicted molar refractivity (Wildman–Crippen MR) is 68.0 cm³/mol. The second-order valence-corrected chi connectivity index (χ2v) is 4.74. The van der Waals surface area contributed by atoms with Crippen molar-refractivity contribution < 1.29 is 0 Å². The molecule has 78 valence electrons. The molecule has 0 saturated carbocycles. The molecular formula is C14H16S. The molecule has 0 radical (unpaired) electrons. The van der Waals surface area contributed by atoms with Crippen LogP contribution in [-0.2, 0) is 0 Å². The van der Waals surface area contributed by atoms with Gasteiger partial charge in [-0.25, -0.2) is 0 Å². The first-order valence-corrected chi connectivity index (χ1v) is 6.40. The average molecular weight is 216 g/mol. The van der Waals surface area contributed by atoms with Crippen molar-refractivity contribution in [2.24, 2.45) is 0 Å². The fourth-order valence-electron chi connectivity index (χ4n) is 1.71. The normalized spacial score (nSPS) is 16.7. The molecule has 1 aromatic carbocycles. The van der Waals surface area contributed by atoms with E-state index in [-0.39, 0.29) is 0 Å². The van der Waals surface area contributed by atoms with Crippen LogP contribution in [0.15, 0.2) is 58.4 Å². The number of benzene rings is 1. The van der Waals surface area contributed by atoms with E-state index in [0.717, 1.165) is 0 Å². The summed E-state index contributed by atoms with van der Waals surface area (Å²) in [5, 5.41) is 2.20. The lowest BCUT2D eigenvalue weighted by molar-refractivity contribution is 0.712. The summed E-state index contributed by atoms with van der Waals surface area (Å²) in [5.41, 5.74) is 1.50. The number of thioether (sulfide) groups is 1. The van der Waals surface area contributed by atoms with E-state index in [4.69, 9.17) is 0 Å². The molecule has 1 aliphatic rings. The van der Waals surface area contributed by atoms with Crippen LogP contribution in [0.2, 0.25) is 0 Å². The Bertz CT molecular complexity index is 349. The zero-order chi connectivity index (χ0) is 10.3. The monoisotopic (exact) mass is 216 g/mol. The Morgan fingerprint density at radius 3 is 2.67 bits per heavy atom. The minimum absolute atomic E-state index is 1.26. The molecule has 1 aromatic rings. The van der Waals surface area contributed by atoms with E-state index < -0.39 is 0 Å². The zero-order valence-electron chi connectivity index (χ0n) is 8.86. The molecule has 15 heavy (non-hydrogen) atoms. The maximum Gasteiger partial charge on any atom is 0.0116 e. The van der Waals surface area contributed by atoms with Crippen molar-refractivity contribution >= 4 is 11.8 Å². The van der Waals surface area contributed by atoms with Gasteiger partial charge < -0.3 is 0 Å². The number of allylic oxidation sites excluding steroid dienone is 3. The van der Waals surface area contributed by atoms with E-state index in [1.165, 1.54) is 36.2 Å². The van der Waals surface area contributed by atoms with E-state index >= 15 is 0 Å². The summed E-state index contributed by atoms with van der Waals surface area (Å²) in [6.07, 6.45) is 9.86. The molecule has 0 aromatic heterocycles. The summed E-state index contributed by atoms with van der Waals surface area (Å²) in [6, 6.07) is 10.5. The van der Waals surface area contributed by atoms with Gasteiger partial charge in [-0.1, -0.05) is 47.7 Å². The summed E-state index contributed by atoms with van der Waals surface area (Å²) < 4.78 is 0. The Hall–Kier alpha value is -0.950. The Balaban J connectivity index is 1.87. The Kier molecular flexibility index (Phi) is 4.10. The van der Waals surface area contributed by atoms with Crippen LogP contribution in [0.4, 0.5) is 0 Å². The lowest BCUT2D eigenvalue weighted by atomic mass is 10.0. The number of rotatable bonds is 3.